The topological polar surface area (TPSA) is 75.1 Å². The Kier molecular flexibility index (Phi) is 3.94. The van der Waals surface area contributed by atoms with Gasteiger partial charge in [-0.3, -0.25) is 9.98 Å². The highest BCUT2D eigenvalue weighted by molar-refractivity contribution is 6.03. The van der Waals surface area contributed by atoms with Crippen LogP contribution < -0.4 is 10.6 Å². The monoisotopic (exact) mass is 396 g/mol. The van der Waals surface area contributed by atoms with E-state index in [9.17, 15) is 0 Å². The lowest BCUT2D eigenvalue weighted by Crippen LogP contribution is -2.19. The molecule has 2 aromatic carbocycles. The molecule has 0 radical (unpaired) electrons. The van der Waals surface area contributed by atoms with E-state index in [4.69, 9.17) is 8.83 Å². The van der Waals surface area contributed by atoms with Gasteiger partial charge in [0.15, 0.2) is 0 Å². The molecule has 0 unspecified atom stereocenters. The smallest absolute Gasteiger partial charge is 0.134 e. The molecule has 0 amide bonds. The maximum atomic E-state index is 5.96. The van der Waals surface area contributed by atoms with Crippen LogP contribution >= 0.6 is 0 Å². The first kappa shape index (κ1) is 17.1. The van der Waals surface area contributed by atoms with Gasteiger partial charge >= 0.3 is 0 Å². The fourth-order valence-corrected chi connectivity index (χ4v) is 3.93. The zero-order valence-electron chi connectivity index (χ0n) is 16.3. The number of fused-ring (bicyclic) bond motifs is 2. The SMILES string of the molecule is C(=C/c1cc2cc(C3=NCCN3)ccc2o1)/c1cc2cc(C3=NCCN3)ccc2o1. The summed E-state index contributed by atoms with van der Waals surface area (Å²) in [7, 11) is 0. The van der Waals surface area contributed by atoms with Gasteiger partial charge in [-0.15, -0.1) is 0 Å². The molecule has 148 valence electrons. The number of nitrogens with one attached hydrogen (secondary N) is 2. The molecule has 0 fully saturated rings. The van der Waals surface area contributed by atoms with Gasteiger partial charge in [-0.05, 0) is 60.7 Å². The van der Waals surface area contributed by atoms with E-state index in [0.717, 1.165) is 82.4 Å². The summed E-state index contributed by atoms with van der Waals surface area (Å²) < 4.78 is 11.9. The van der Waals surface area contributed by atoms with Crippen LogP contribution in [0, 0.1) is 0 Å². The van der Waals surface area contributed by atoms with Gasteiger partial charge < -0.3 is 19.5 Å². The summed E-state index contributed by atoms with van der Waals surface area (Å²) in [4.78, 5) is 8.97. The van der Waals surface area contributed by atoms with Gasteiger partial charge in [0.2, 0.25) is 0 Å². The third-order valence-electron chi connectivity index (χ3n) is 5.38. The normalized spacial score (nSPS) is 16.3. The van der Waals surface area contributed by atoms with Crippen LogP contribution in [0.5, 0.6) is 0 Å². The van der Waals surface area contributed by atoms with E-state index in [1.165, 1.54) is 0 Å². The molecule has 6 heteroatoms. The van der Waals surface area contributed by atoms with E-state index in [1.807, 2.05) is 48.6 Å². The zero-order chi connectivity index (χ0) is 19.9. The van der Waals surface area contributed by atoms with Crippen LogP contribution in [0.15, 0.2) is 67.4 Å². The Morgan fingerprint density at radius 3 is 1.60 bits per heavy atom. The highest BCUT2D eigenvalue weighted by Gasteiger charge is 2.11. The van der Waals surface area contributed by atoms with Crippen LogP contribution in [-0.4, -0.2) is 37.9 Å². The van der Waals surface area contributed by atoms with Gasteiger partial charge in [-0.2, -0.15) is 0 Å². The molecule has 2 aromatic heterocycles. The van der Waals surface area contributed by atoms with E-state index in [0.29, 0.717) is 0 Å². The van der Waals surface area contributed by atoms with Crippen LogP contribution in [0.1, 0.15) is 22.6 Å². The van der Waals surface area contributed by atoms with Crippen LogP contribution in [0.25, 0.3) is 34.1 Å². The number of hydrogen-bond acceptors (Lipinski definition) is 6. The van der Waals surface area contributed by atoms with Crippen molar-refractivity contribution in [3.05, 3.63) is 71.2 Å². The highest BCUT2D eigenvalue weighted by atomic mass is 16.3. The first-order valence-electron chi connectivity index (χ1n) is 10.1. The molecule has 0 saturated carbocycles. The number of aliphatic imine (C=N–C) groups is 2. The van der Waals surface area contributed by atoms with Crippen molar-refractivity contribution in [2.75, 3.05) is 26.2 Å². The molecular weight excluding hydrogens is 376 g/mol. The van der Waals surface area contributed by atoms with Crippen molar-refractivity contribution >= 4 is 45.8 Å². The number of hydrogen-bond donors (Lipinski definition) is 2. The van der Waals surface area contributed by atoms with Crippen molar-refractivity contribution in [1.29, 1.82) is 0 Å². The van der Waals surface area contributed by atoms with Crippen LogP contribution in [-0.2, 0) is 0 Å². The molecule has 30 heavy (non-hydrogen) atoms. The van der Waals surface area contributed by atoms with Crippen molar-refractivity contribution in [3.63, 3.8) is 0 Å². The van der Waals surface area contributed by atoms with Gasteiger partial charge in [-0.25, -0.2) is 0 Å². The second-order valence-electron chi connectivity index (χ2n) is 7.45. The maximum absolute atomic E-state index is 5.96. The van der Waals surface area contributed by atoms with Crippen molar-refractivity contribution < 1.29 is 8.83 Å². The quantitative estimate of drug-likeness (QED) is 0.546. The van der Waals surface area contributed by atoms with Crippen molar-refractivity contribution in [1.82, 2.24) is 10.6 Å². The Labute approximate surface area is 173 Å². The summed E-state index contributed by atoms with van der Waals surface area (Å²) >= 11 is 0. The van der Waals surface area contributed by atoms with E-state index < -0.39 is 0 Å². The second kappa shape index (κ2) is 6.91. The Morgan fingerprint density at radius 2 is 1.17 bits per heavy atom. The molecule has 0 saturated heterocycles. The molecule has 6 nitrogen and oxygen atoms in total. The Hall–Kier alpha value is -3.80. The minimum absolute atomic E-state index is 0.786. The first-order valence-corrected chi connectivity index (χ1v) is 10.1. The molecule has 4 aromatic rings. The fraction of sp³-hybridized carbons (Fsp3) is 0.167. The third-order valence-corrected chi connectivity index (χ3v) is 5.38. The number of nitrogens with zero attached hydrogens (tertiary/aromatic N) is 2. The molecular formula is C24H20N4O2. The average molecular weight is 396 g/mol. The third kappa shape index (κ3) is 3.06. The van der Waals surface area contributed by atoms with Crippen LogP contribution in [0.2, 0.25) is 0 Å². The lowest BCUT2D eigenvalue weighted by atomic mass is 10.1. The molecule has 4 heterocycles. The van der Waals surface area contributed by atoms with E-state index in [1.54, 1.807) is 0 Å². The predicted molar refractivity (Wildman–Crippen MR) is 120 cm³/mol. The number of furan rings is 2. The number of rotatable bonds is 4. The highest BCUT2D eigenvalue weighted by Crippen LogP contribution is 2.25. The van der Waals surface area contributed by atoms with Gasteiger partial charge in [-0.1, -0.05) is 0 Å². The van der Waals surface area contributed by atoms with E-state index in [-0.39, 0.29) is 0 Å². The molecule has 0 atom stereocenters. The Morgan fingerprint density at radius 1 is 0.667 bits per heavy atom. The summed E-state index contributed by atoms with van der Waals surface area (Å²) in [5.41, 5.74) is 3.89. The van der Waals surface area contributed by atoms with Crippen LogP contribution in [0.4, 0.5) is 0 Å². The maximum Gasteiger partial charge on any atom is 0.134 e. The lowest BCUT2D eigenvalue weighted by Gasteiger charge is -2.01. The standard InChI is InChI=1S/C24H20N4O2/c1-5-21-17(11-15(1)23-25-7-8-26-23)13-19(29-21)3-4-20-14-18-12-16(2-6-22(18)30-20)24-27-9-10-28-24/h1-6,11-14H,7-10H2,(H,25,26)(H,27,28)/b4-3-. The van der Waals surface area contributed by atoms with Gasteiger partial charge in [0.05, 0.1) is 13.1 Å². The Bertz CT molecular complexity index is 1250. The Balaban J connectivity index is 1.27. The van der Waals surface area contributed by atoms with E-state index in [2.05, 4.69) is 32.8 Å². The van der Waals surface area contributed by atoms with Crippen LogP contribution in [0.3, 0.4) is 0 Å². The molecule has 6 rings (SSSR count). The van der Waals surface area contributed by atoms with Crippen molar-refractivity contribution in [3.8, 4) is 0 Å². The summed E-state index contributed by atoms with van der Waals surface area (Å²) in [6.07, 6.45) is 3.87. The summed E-state index contributed by atoms with van der Waals surface area (Å²) in [6, 6.07) is 16.4. The van der Waals surface area contributed by atoms with Gasteiger partial charge in [0.1, 0.15) is 34.4 Å². The number of amidine groups is 2. The van der Waals surface area contributed by atoms with Crippen molar-refractivity contribution in [2.45, 2.75) is 0 Å². The van der Waals surface area contributed by atoms with E-state index >= 15 is 0 Å². The molecule has 0 spiro atoms. The summed E-state index contributed by atoms with van der Waals surface area (Å²) in [5, 5.41) is 8.73. The molecule has 0 bridgehead atoms. The summed E-state index contributed by atoms with van der Waals surface area (Å²) in [6.45, 7) is 3.46. The zero-order valence-corrected chi connectivity index (χ0v) is 16.3. The largest absolute Gasteiger partial charge is 0.457 e. The average Bonchev–Trinajstić information content (AvgIpc) is 3.56. The minimum Gasteiger partial charge on any atom is -0.457 e. The summed E-state index contributed by atoms with van der Waals surface area (Å²) in [5.74, 6) is 3.48. The molecule has 2 aliphatic rings. The fourth-order valence-electron chi connectivity index (χ4n) is 3.93. The molecule has 0 aliphatic carbocycles. The minimum atomic E-state index is 0.786. The van der Waals surface area contributed by atoms with Crippen molar-refractivity contribution in [2.24, 2.45) is 9.98 Å². The molecule has 2 N–H and O–H groups in total. The van der Waals surface area contributed by atoms with Gasteiger partial charge in [0.25, 0.3) is 0 Å². The lowest BCUT2D eigenvalue weighted by molar-refractivity contribution is 0.599. The van der Waals surface area contributed by atoms with Gasteiger partial charge in [0, 0.05) is 35.0 Å². The first-order chi connectivity index (χ1) is 14.8. The second-order valence-corrected chi connectivity index (χ2v) is 7.45. The molecule has 2 aliphatic heterocycles. The number of benzene rings is 2. The predicted octanol–water partition coefficient (Wildman–Crippen LogP) is 4.05.